The molecule has 0 fully saturated rings. The van der Waals surface area contributed by atoms with Crippen LogP contribution in [-0.2, 0) is 12.8 Å². The van der Waals surface area contributed by atoms with E-state index in [2.05, 4.69) is 34.2 Å². The molecule has 2 aromatic carbocycles. The zero-order valence-electron chi connectivity index (χ0n) is 16.2. The van der Waals surface area contributed by atoms with Crippen LogP contribution in [0.15, 0.2) is 48.5 Å². The number of benzene rings is 2. The number of hydrogen-bond acceptors (Lipinski definition) is 4. The molecule has 0 saturated heterocycles. The maximum Gasteiger partial charge on any atom is 0.220 e. The molecular formula is C23H29N3O. The molecular weight excluding hydrogens is 334 g/mol. The second-order valence-corrected chi connectivity index (χ2v) is 7.02. The smallest absolute Gasteiger partial charge is 0.220 e. The Bertz CT molecular complexity index is 863. The highest BCUT2D eigenvalue weighted by atomic mass is 16.5. The number of methoxy groups -OCH3 is 1. The fourth-order valence-corrected chi connectivity index (χ4v) is 3.51. The van der Waals surface area contributed by atoms with Crippen LogP contribution in [0.25, 0.3) is 10.9 Å². The molecule has 0 bridgehead atoms. The van der Waals surface area contributed by atoms with Gasteiger partial charge in [0.05, 0.1) is 18.3 Å². The largest absolute Gasteiger partial charge is 0.497 e. The topological polar surface area (TPSA) is 61.0 Å². The van der Waals surface area contributed by atoms with E-state index in [9.17, 15) is 0 Å². The highest BCUT2D eigenvalue weighted by Crippen LogP contribution is 2.19. The fraction of sp³-hybridized carbons (Fsp3) is 0.391. The molecule has 0 spiro atoms. The van der Waals surface area contributed by atoms with Crippen LogP contribution in [0.4, 0.5) is 5.95 Å². The van der Waals surface area contributed by atoms with Gasteiger partial charge in [0.25, 0.3) is 0 Å². The lowest BCUT2D eigenvalue weighted by molar-refractivity contribution is 0.414. The Kier molecular flexibility index (Phi) is 7.03. The molecule has 0 radical (unpaired) electrons. The lowest BCUT2D eigenvalue weighted by Crippen LogP contribution is -2.01. The van der Waals surface area contributed by atoms with Crippen molar-refractivity contribution < 1.29 is 4.74 Å². The minimum Gasteiger partial charge on any atom is -0.497 e. The molecule has 0 amide bonds. The van der Waals surface area contributed by atoms with Crippen molar-refractivity contribution in [2.45, 2.75) is 51.4 Å². The van der Waals surface area contributed by atoms with Crippen molar-refractivity contribution in [3.63, 3.8) is 0 Å². The van der Waals surface area contributed by atoms with Gasteiger partial charge in [-0.15, -0.1) is 0 Å². The molecule has 1 aromatic heterocycles. The van der Waals surface area contributed by atoms with Crippen molar-refractivity contribution in [2.24, 2.45) is 0 Å². The average Bonchev–Trinajstić information content (AvgIpc) is 2.70. The molecule has 0 aliphatic carbocycles. The molecule has 0 atom stereocenters. The van der Waals surface area contributed by atoms with E-state index in [1.54, 1.807) is 7.11 Å². The molecule has 2 N–H and O–H groups in total. The van der Waals surface area contributed by atoms with Crippen LogP contribution >= 0.6 is 0 Å². The predicted octanol–water partition coefficient (Wildman–Crippen LogP) is 5.35. The number of hydrogen-bond donors (Lipinski definition) is 1. The summed E-state index contributed by atoms with van der Waals surface area (Å²) in [6, 6.07) is 16.5. The third-order valence-corrected chi connectivity index (χ3v) is 4.96. The summed E-state index contributed by atoms with van der Waals surface area (Å²) < 4.78 is 5.28. The highest BCUT2D eigenvalue weighted by Gasteiger charge is 2.05. The Morgan fingerprint density at radius 3 is 2.37 bits per heavy atom. The maximum absolute atomic E-state index is 5.85. The molecule has 27 heavy (non-hydrogen) atoms. The van der Waals surface area contributed by atoms with Gasteiger partial charge in [-0.1, -0.05) is 56.0 Å². The first-order valence-corrected chi connectivity index (χ1v) is 9.90. The van der Waals surface area contributed by atoms with Gasteiger partial charge in [-0.05, 0) is 49.4 Å². The third kappa shape index (κ3) is 5.68. The number of ether oxygens (including phenoxy) is 1. The van der Waals surface area contributed by atoms with Gasteiger partial charge in [-0.2, -0.15) is 0 Å². The molecule has 0 unspecified atom stereocenters. The van der Waals surface area contributed by atoms with Crippen molar-refractivity contribution in [1.29, 1.82) is 0 Å². The Labute approximate surface area is 161 Å². The predicted molar refractivity (Wildman–Crippen MR) is 112 cm³/mol. The van der Waals surface area contributed by atoms with Crippen molar-refractivity contribution in [1.82, 2.24) is 9.97 Å². The van der Waals surface area contributed by atoms with Gasteiger partial charge in [-0.25, -0.2) is 9.97 Å². The summed E-state index contributed by atoms with van der Waals surface area (Å²) in [5, 5.41) is 1.13. The SMILES string of the molecule is COc1cccc(CCCCCCCCc2nc(N)nc3ccccc23)c1. The molecule has 142 valence electrons. The molecule has 0 saturated carbocycles. The fourth-order valence-electron chi connectivity index (χ4n) is 3.51. The minimum absolute atomic E-state index is 0.376. The first-order valence-electron chi connectivity index (χ1n) is 9.90. The molecule has 4 nitrogen and oxygen atoms in total. The number of para-hydroxylation sites is 1. The number of nitrogens with zero attached hydrogens (tertiary/aromatic N) is 2. The van der Waals surface area contributed by atoms with Crippen LogP contribution in [0.1, 0.15) is 49.8 Å². The van der Waals surface area contributed by atoms with Crippen LogP contribution in [0.3, 0.4) is 0 Å². The zero-order chi connectivity index (χ0) is 18.9. The molecule has 3 aromatic rings. The van der Waals surface area contributed by atoms with Crippen molar-refractivity contribution >= 4 is 16.9 Å². The molecule has 0 aliphatic heterocycles. The summed E-state index contributed by atoms with van der Waals surface area (Å²) in [7, 11) is 1.72. The zero-order valence-corrected chi connectivity index (χ0v) is 16.2. The maximum atomic E-state index is 5.85. The monoisotopic (exact) mass is 363 g/mol. The van der Waals surface area contributed by atoms with Gasteiger partial charge in [0, 0.05) is 5.39 Å². The van der Waals surface area contributed by atoms with Crippen molar-refractivity contribution in [2.75, 3.05) is 12.8 Å². The third-order valence-electron chi connectivity index (χ3n) is 4.96. The lowest BCUT2D eigenvalue weighted by Gasteiger charge is -2.07. The van der Waals surface area contributed by atoms with E-state index in [0.29, 0.717) is 5.95 Å². The summed E-state index contributed by atoms with van der Waals surface area (Å²) in [6.07, 6.45) is 9.56. The van der Waals surface area contributed by atoms with Gasteiger partial charge >= 0.3 is 0 Å². The number of nitrogens with two attached hydrogens (primary N) is 1. The van der Waals surface area contributed by atoms with Crippen molar-refractivity contribution in [3.8, 4) is 5.75 Å². The minimum atomic E-state index is 0.376. The summed E-state index contributed by atoms with van der Waals surface area (Å²) in [5.74, 6) is 1.33. The van der Waals surface area contributed by atoms with Crippen LogP contribution < -0.4 is 10.5 Å². The Balaban J connectivity index is 1.34. The second kappa shape index (κ2) is 9.91. The highest BCUT2D eigenvalue weighted by molar-refractivity contribution is 5.81. The number of fused-ring (bicyclic) bond motifs is 1. The normalized spacial score (nSPS) is 11.0. The molecule has 1 heterocycles. The average molecular weight is 364 g/mol. The van der Waals surface area contributed by atoms with Crippen LogP contribution in [0.5, 0.6) is 5.75 Å². The first-order chi connectivity index (χ1) is 13.3. The number of aromatic nitrogens is 2. The number of aryl methyl sites for hydroxylation is 2. The van der Waals surface area contributed by atoms with E-state index in [0.717, 1.165) is 41.6 Å². The lowest BCUT2D eigenvalue weighted by atomic mass is 10.0. The molecule has 4 heteroatoms. The van der Waals surface area contributed by atoms with Crippen LogP contribution in [-0.4, -0.2) is 17.1 Å². The van der Waals surface area contributed by atoms with Gasteiger partial charge in [0.15, 0.2) is 0 Å². The number of unbranched alkanes of at least 4 members (excludes halogenated alkanes) is 5. The Morgan fingerprint density at radius 2 is 1.56 bits per heavy atom. The Morgan fingerprint density at radius 1 is 0.815 bits per heavy atom. The van der Waals surface area contributed by atoms with E-state index in [-0.39, 0.29) is 0 Å². The molecule has 3 rings (SSSR count). The first kappa shape index (κ1) is 19.2. The van der Waals surface area contributed by atoms with E-state index in [4.69, 9.17) is 10.5 Å². The number of nitrogen functional groups attached to an aromatic ring is 1. The van der Waals surface area contributed by atoms with Crippen LogP contribution in [0.2, 0.25) is 0 Å². The van der Waals surface area contributed by atoms with Gasteiger partial charge in [0.2, 0.25) is 5.95 Å². The van der Waals surface area contributed by atoms with E-state index >= 15 is 0 Å². The van der Waals surface area contributed by atoms with Gasteiger partial charge < -0.3 is 10.5 Å². The molecule has 0 aliphatic rings. The van der Waals surface area contributed by atoms with E-state index < -0.39 is 0 Å². The summed E-state index contributed by atoms with van der Waals surface area (Å²) in [6.45, 7) is 0. The summed E-state index contributed by atoms with van der Waals surface area (Å²) in [4.78, 5) is 8.76. The summed E-state index contributed by atoms with van der Waals surface area (Å²) >= 11 is 0. The quantitative estimate of drug-likeness (QED) is 0.493. The van der Waals surface area contributed by atoms with Gasteiger partial charge in [0.1, 0.15) is 5.75 Å². The number of rotatable bonds is 10. The van der Waals surface area contributed by atoms with Crippen molar-refractivity contribution in [3.05, 3.63) is 59.8 Å². The van der Waals surface area contributed by atoms with Crippen LogP contribution in [0, 0.1) is 0 Å². The standard InChI is InChI=1S/C23H29N3O/c1-27-19-13-10-12-18(17-19)11-6-4-2-3-5-7-15-21-20-14-8-9-16-22(20)26-23(24)25-21/h8-10,12-14,16-17H,2-7,11,15H2,1H3,(H2,24,25,26). The van der Waals surface area contributed by atoms with E-state index in [1.807, 2.05) is 24.3 Å². The number of anilines is 1. The second-order valence-electron chi connectivity index (χ2n) is 7.02. The summed E-state index contributed by atoms with van der Waals surface area (Å²) in [5.41, 5.74) is 9.23. The van der Waals surface area contributed by atoms with E-state index in [1.165, 1.54) is 37.7 Å². The van der Waals surface area contributed by atoms with Gasteiger partial charge in [-0.3, -0.25) is 0 Å². The Hall–Kier alpha value is -2.62.